The summed E-state index contributed by atoms with van der Waals surface area (Å²) in [4.78, 5) is 33.1. The molecule has 1 atom stereocenters. The highest BCUT2D eigenvalue weighted by Gasteiger charge is 2.22. The molecule has 0 aliphatic rings. The van der Waals surface area contributed by atoms with E-state index >= 15 is 0 Å². The van der Waals surface area contributed by atoms with Crippen molar-refractivity contribution in [3.8, 4) is 0 Å². The zero-order valence-electron chi connectivity index (χ0n) is 10.5. The Hall–Kier alpha value is -1.63. The molecule has 17 heavy (non-hydrogen) atoms. The smallest absolute Gasteiger partial charge is 0.323 e. The molecule has 0 aromatic carbocycles. The molecule has 0 aromatic rings. The van der Waals surface area contributed by atoms with Crippen LogP contribution >= 0.6 is 0 Å². The molecule has 7 nitrogen and oxygen atoms in total. The molecule has 0 rings (SSSR count). The first-order chi connectivity index (χ1) is 7.88. The molecule has 0 saturated heterocycles. The fourth-order valence-corrected chi connectivity index (χ4v) is 1.12. The summed E-state index contributed by atoms with van der Waals surface area (Å²) in [6.45, 7) is 4.86. The van der Waals surface area contributed by atoms with Crippen LogP contribution in [-0.4, -0.2) is 37.5 Å². The Morgan fingerprint density at radius 2 is 1.76 bits per heavy atom. The van der Waals surface area contributed by atoms with Crippen molar-refractivity contribution >= 4 is 17.8 Å². The van der Waals surface area contributed by atoms with E-state index in [4.69, 9.17) is 0 Å². The largest absolute Gasteiger partial charge is 0.468 e. The zero-order valence-corrected chi connectivity index (χ0v) is 10.5. The normalized spacial score (nSPS) is 11.8. The van der Waals surface area contributed by atoms with Crippen molar-refractivity contribution in [1.29, 1.82) is 0 Å². The Labute approximate surface area is 100 Å². The maximum Gasteiger partial charge on any atom is 0.323 e. The molecule has 98 valence electrons. The van der Waals surface area contributed by atoms with Crippen LogP contribution in [0.15, 0.2) is 0 Å². The van der Waals surface area contributed by atoms with Crippen LogP contribution in [0.1, 0.15) is 20.8 Å². The Balaban J connectivity index is 4.09. The first-order valence-corrected chi connectivity index (χ1v) is 5.25. The minimum Gasteiger partial charge on any atom is -0.468 e. The van der Waals surface area contributed by atoms with Gasteiger partial charge in [0.05, 0.1) is 13.7 Å². The number of rotatable bonds is 5. The van der Waals surface area contributed by atoms with Crippen LogP contribution in [0, 0.1) is 5.92 Å². The minimum atomic E-state index is -0.553. The summed E-state index contributed by atoms with van der Waals surface area (Å²) in [5.74, 6) is -1.23. The Kier molecular flexibility index (Phi) is 6.88. The number of esters is 1. The standard InChI is InChI=1S/C10H19N3O4/c1-6(2)9(10(16)17-4)11-5-8(15)13-12-7(3)14/h6,9,11H,5H2,1-4H3,(H,12,14)(H,13,15). The van der Waals surface area contributed by atoms with Gasteiger partial charge in [-0.3, -0.25) is 30.6 Å². The summed E-state index contributed by atoms with van der Waals surface area (Å²) in [7, 11) is 1.29. The molecule has 0 saturated carbocycles. The van der Waals surface area contributed by atoms with Gasteiger partial charge in [0, 0.05) is 6.92 Å². The number of carbonyl (C=O) groups excluding carboxylic acids is 3. The summed E-state index contributed by atoms with van der Waals surface area (Å²) < 4.78 is 4.60. The van der Waals surface area contributed by atoms with E-state index in [1.165, 1.54) is 14.0 Å². The van der Waals surface area contributed by atoms with Gasteiger partial charge in [0.1, 0.15) is 6.04 Å². The molecule has 7 heteroatoms. The topological polar surface area (TPSA) is 96.5 Å². The molecule has 0 spiro atoms. The van der Waals surface area contributed by atoms with Crippen LogP contribution in [-0.2, 0) is 19.1 Å². The van der Waals surface area contributed by atoms with Gasteiger partial charge >= 0.3 is 5.97 Å². The van der Waals surface area contributed by atoms with Gasteiger partial charge in [0.15, 0.2) is 0 Å². The van der Waals surface area contributed by atoms with E-state index in [0.29, 0.717) is 0 Å². The fraction of sp³-hybridized carbons (Fsp3) is 0.700. The number of amides is 2. The number of carbonyl (C=O) groups is 3. The number of ether oxygens (including phenoxy) is 1. The number of hydrazine groups is 1. The maximum absolute atomic E-state index is 11.3. The van der Waals surface area contributed by atoms with E-state index in [0.717, 1.165) is 0 Å². The Bertz CT molecular complexity index is 291. The van der Waals surface area contributed by atoms with Crippen LogP contribution < -0.4 is 16.2 Å². The van der Waals surface area contributed by atoms with Crippen molar-refractivity contribution < 1.29 is 19.1 Å². The van der Waals surface area contributed by atoms with Gasteiger partial charge in [-0.15, -0.1) is 0 Å². The molecule has 0 radical (unpaired) electrons. The highest BCUT2D eigenvalue weighted by atomic mass is 16.5. The monoisotopic (exact) mass is 245 g/mol. The predicted molar refractivity (Wildman–Crippen MR) is 60.6 cm³/mol. The Morgan fingerprint density at radius 1 is 1.18 bits per heavy atom. The molecule has 3 N–H and O–H groups in total. The highest BCUT2D eigenvalue weighted by Crippen LogP contribution is 2.02. The number of hydrogen-bond donors (Lipinski definition) is 3. The van der Waals surface area contributed by atoms with Gasteiger partial charge in [0.25, 0.3) is 5.91 Å². The van der Waals surface area contributed by atoms with Crippen molar-refractivity contribution in [1.82, 2.24) is 16.2 Å². The lowest BCUT2D eigenvalue weighted by molar-refractivity contribution is -0.144. The van der Waals surface area contributed by atoms with E-state index in [9.17, 15) is 14.4 Å². The molecule has 0 bridgehead atoms. The van der Waals surface area contributed by atoms with Gasteiger partial charge < -0.3 is 4.74 Å². The summed E-state index contributed by atoms with van der Waals surface area (Å²) in [5.41, 5.74) is 4.33. The molecule has 0 aliphatic heterocycles. The molecule has 2 amide bonds. The summed E-state index contributed by atoms with van der Waals surface area (Å²) in [5, 5.41) is 2.76. The molecule has 0 fully saturated rings. The van der Waals surface area contributed by atoms with Crippen molar-refractivity contribution in [3.63, 3.8) is 0 Å². The van der Waals surface area contributed by atoms with Crippen LogP contribution in [0.3, 0.4) is 0 Å². The molecule has 0 aromatic heterocycles. The predicted octanol–water partition coefficient (Wildman–Crippen LogP) is -1.06. The lowest BCUT2D eigenvalue weighted by Crippen LogP contribution is -2.49. The van der Waals surface area contributed by atoms with Crippen LogP contribution in [0.5, 0.6) is 0 Å². The molecular formula is C10H19N3O4. The van der Waals surface area contributed by atoms with Crippen LogP contribution in [0.4, 0.5) is 0 Å². The van der Waals surface area contributed by atoms with Crippen molar-refractivity contribution in [2.75, 3.05) is 13.7 Å². The summed E-state index contributed by atoms with van der Waals surface area (Å²) in [6.07, 6.45) is 0. The Morgan fingerprint density at radius 3 is 2.18 bits per heavy atom. The summed E-state index contributed by atoms with van der Waals surface area (Å²) in [6, 6.07) is -0.553. The second-order valence-electron chi connectivity index (χ2n) is 3.86. The van der Waals surface area contributed by atoms with Gasteiger partial charge in [-0.2, -0.15) is 0 Å². The third-order valence-electron chi connectivity index (χ3n) is 1.98. The maximum atomic E-state index is 11.3. The van der Waals surface area contributed by atoms with E-state index < -0.39 is 17.9 Å². The van der Waals surface area contributed by atoms with Crippen molar-refractivity contribution in [2.24, 2.45) is 5.92 Å². The van der Waals surface area contributed by atoms with Crippen LogP contribution in [0.2, 0.25) is 0 Å². The minimum absolute atomic E-state index is 0.00369. The SMILES string of the molecule is COC(=O)C(NCC(=O)NNC(C)=O)C(C)C. The third-order valence-corrected chi connectivity index (χ3v) is 1.98. The quantitative estimate of drug-likeness (QED) is 0.424. The average molecular weight is 245 g/mol. The van der Waals surface area contributed by atoms with Gasteiger partial charge in [-0.1, -0.05) is 13.8 Å². The molecule has 1 unspecified atom stereocenters. The van der Waals surface area contributed by atoms with Crippen molar-refractivity contribution in [3.05, 3.63) is 0 Å². The van der Waals surface area contributed by atoms with Gasteiger partial charge in [-0.25, -0.2) is 0 Å². The first-order valence-electron chi connectivity index (χ1n) is 5.25. The zero-order chi connectivity index (χ0) is 13.4. The molecule has 0 aliphatic carbocycles. The average Bonchev–Trinajstić information content (AvgIpc) is 2.25. The van der Waals surface area contributed by atoms with E-state index in [-0.39, 0.29) is 18.4 Å². The van der Waals surface area contributed by atoms with E-state index in [1.807, 2.05) is 13.8 Å². The number of nitrogens with one attached hydrogen (secondary N) is 3. The van der Waals surface area contributed by atoms with E-state index in [2.05, 4.69) is 20.9 Å². The van der Waals surface area contributed by atoms with Gasteiger partial charge in [-0.05, 0) is 5.92 Å². The molecular weight excluding hydrogens is 226 g/mol. The van der Waals surface area contributed by atoms with Crippen molar-refractivity contribution in [2.45, 2.75) is 26.8 Å². The lowest BCUT2D eigenvalue weighted by atomic mass is 10.0. The number of hydrogen-bond acceptors (Lipinski definition) is 5. The summed E-state index contributed by atoms with van der Waals surface area (Å²) >= 11 is 0. The fourth-order valence-electron chi connectivity index (χ4n) is 1.12. The second-order valence-corrected chi connectivity index (χ2v) is 3.86. The van der Waals surface area contributed by atoms with E-state index in [1.54, 1.807) is 0 Å². The second kappa shape index (κ2) is 7.61. The highest BCUT2D eigenvalue weighted by molar-refractivity contribution is 5.83. The lowest BCUT2D eigenvalue weighted by Gasteiger charge is -2.19. The number of methoxy groups -OCH3 is 1. The third kappa shape index (κ3) is 6.52. The van der Waals surface area contributed by atoms with Gasteiger partial charge in [0.2, 0.25) is 5.91 Å². The first kappa shape index (κ1) is 15.4. The van der Waals surface area contributed by atoms with Crippen LogP contribution in [0.25, 0.3) is 0 Å². The molecule has 0 heterocycles.